The van der Waals surface area contributed by atoms with E-state index in [1.165, 1.54) is 22.6 Å². The fourth-order valence-electron chi connectivity index (χ4n) is 5.53. The predicted octanol–water partition coefficient (Wildman–Crippen LogP) is 4.79. The van der Waals surface area contributed by atoms with Crippen molar-refractivity contribution < 1.29 is 23.9 Å². The lowest BCUT2D eigenvalue weighted by Crippen LogP contribution is -2.31. The van der Waals surface area contributed by atoms with Gasteiger partial charge in [0.2, 0.25) is 11.8 Å². The molecule has 0 aromatic heterocycles. The van der Waals surface area contributed by atoms with Gasteiger partial charge in [-0.3, -0.25) is 19.3 Å². The van der Waals surface area contributed by atoms with E-state index in [9.17, 15) is 19.2 Å². The maximum Gasteiger partial charge on any atom is 0.338 e. The van der Waals surface area contributed by atoms with Crippen LogP contribution >= 0.6 is 0 Å². The summed E-state index contributed by atoms with van der Waals surface area (Å²) in [6.45, 7) is 1.44. The molecule has 1 saturated carbocycles. The van der Waals surface area contributed by atoms with E-state index in [4.69, 9.17) is 4.74 Å². The van der Waals surface area contributed by atoms with E-state index in [1.807, 2.05) is 55.5 Å². The highest BCUT2D eigenvalue weighted by atomic mass is 16.5. The first kappa shape index (κ1) is 25.4. The number of esters is 1. The monoisotopic (exact) mass is 510 g/mol. The third-order valence-corrected chi connectivity index (χ3v) is 7.57. The fraction of sp³-hybridized carbons (Fsp3) is 0.290. The fourth-order valence-corrected chi connectivity index (χ4v) is 5.53. The standard InChI is InChI=1S/C31H30N2O5/c1-20(21-8-4-2-5-9-21)32-28(34)19-38-31(37)23-12-15-25(16-13-23)33-29(35)26-17-14-24(18-27(26)30(33)36)22-10-6-3-7-11-22/h2-13,15-16,20,24,26-27H,14,17-19H2,1H3,(H,32,34)/t20-,24-,26+,27+/m0/s1. The average Bonchev–Trinajstić information content (AvgIpc) is 3.21. The molecule has 38 heavy (non-hydrogen) atoms. The molecular formula is C31H30N2O5. The number of imide groups is 1. The van der Waals surface area contributed by atoms with Crippen LogP contribution in [0.5, 0.6) is 0 Å². The minimum atomic E-state index is -0.655. The van der Waals surface area contributed by atoms with Crippen molar-refractivity contribution in [3.05, 3.63) is 102 Å². The molecule has 1 aliphatic heterocycles. The molecule has 3 aromatic rings. The number of ether oxygens (including phenoxy) is 1. The molecular weight excluding hydrogens is 480 g/mol. The molecule has 0 bridgehead atoms. The maximum atomic E-state index is 13.3. The van der Waals surface area contributed by atoms with Crippen molar-refractivity contribution in [2.75, 3.05) is 11.5 Å². The molecule has 7 heteroatoms. The van der Waals surface area contributed by atoms with Gasteiger partial charge in [-0.25, -0.2) is 4.79 Å². The summed E-state index contributed by atoms with van der Waals surface area (Å²) in [5.41, 5.74) is 2.83. The number of rotatable bonds is 7. The SMILES string of the molecule is C[C@H](NC(=O)COC(=O)c1ccc(N2C(=O)[C@@H]3CC[C@H](c4ccccc4)C[C@H]3C2=O)cc1)c1ccccc1. The highest BCUT2D eigenvalue weighted by molar-refractivity contribution is 6.22. The Balaban J connectivity index is 1.18. The quantitative estimate of drug-likeness (QED) is 0.364. The van der Waals surface area contributed by atoms with E-state index in [0.29, 0.717) is 18.5 Å². The van der Waals surface area contributed by atoms with Gasteiger partial charge in [-0.05, 0) is 67.5 Å². The Morgan fingerprint density at radius 1 is 0.868 bits per heavy atom. The molecule has 1 N–H and O–H groups in total. The van der Waals surface area contributed by atoms with Crippen molar-refractivity contribution >= 4 is 29.4 Å². The van der Waals surface area contributed by atoms with Crippen LogP contribution in [-0.2, 0) is 19.1 Å². The number of fused-ring (bicyclic) bond motifs is 1. The van der Waals surface area contributed by atoms with Crippen molar-refractivity contribution in [2.45, 2.75) is 38.1 Å². The van der Waals surface area contributed by atoms with Gasteiger partial charge < -0.3 is 10.1 Å². The van der Waals surface area contributed by atoms with Crippen LogP contribution in [0.4, 0.5) is 5.69 Å². The summed E-state index contributed by atoms with van der Waals surface area (Å²) in [7, 11) is 0. The number of nitrogens with zero attached hydrogens (tertiary/aromatic N) is 1. The number of hydrogen-bond donors (Lipinski definition) is 1. The van der Waals surface area contributed by atoms with E-state index in [0.717, 1.165) is 12.0 Å². The number of carbonyl (C=O) groups excluding carboxylic acids is 4. The van der Waals surface area contributed by atoms with E-state index in [1.54, 1.807) is 12.1 Å². The van der Waals surface area contributed by atoms with Crippen LogP contribution in [0.3, 0.4) is 0 Å². The van der Waals surface area contributed by atoms with Gasteiger partial charge in [0.1, 0.15) is 0 Å². The van der Waals surface area contributed by atoms with E-state index in [-0.39, 0.29) is 41.2 Å². The highest BCUT2D eigenvalue weighted by Gasteiger charge is 2.50. The molecule has 1 aliphatic carbocycles. The second-order valence-corrected chi connectivity index (χ2v) is 9.97. The number of carbonyl (C=O) groups is 4. The highest BCUT2D eigenvalue weighted by Crippen LogP contribution is 2.45. The van der Waals surface area contributed by atoms with Crippen molar-refractivity contribution in [2.24, 2.45) is 11.8 Å². The molecule has 3 amide bonds. The zero-order chi connectivity index (χ0) is 26.6. The summed E-state index contributed by atoms with van der Waals surface area (Å²) in [4.78, 5) is 52.4. The lowest BCUT2D eigenvalue weighted by molar-refractivity contribution is -0.125. The second kappa shape index (κ2) is 11.0. The average molecular weight is 511 g/mol. The number of nitrogens with one attached hydrogen (secondary N) is 1. The van der Waals surface area contributed by atoms with Crippen LogP contribution in [0.1, 0.15) is 59.6 Å². The summed E-state index contributed by atoms with van der Waals surface area (Å²) in [5, 5.41) is 2.80. The van der Waals surface area contributed by atoms with Crippen LogP contribution in [0.25, 0.3) is 0 Å². The Morgan fingerprint density at radius 2 is 1.50 bits per heavy atom. The summed E-state index contributed by atoms with van der Waals surface area (Å²) in [5.74, 6) is -1.79. The molecule has 194 valence electrons. The van der Waals surface area contributed by atoms with Crippen LogP contribution in [0.15, 0.2) is 84.9 Å². The van der Waals surface area contributed by atoms with Crippen molar-refractivity contribution in [3.8, 4) is 0 Å². The Labute approximate surface area is 221 Å². The molecule has 1 heterocycles. The van der Waals surface area contributed by atoms with Gasteiger partial charge in [0.05, 0.1) is 29.1 Å². The topological polar surface area (TPSA) is 92.8 Å². The lowest BCUT2D eigenvalue weighted by atomic mass is 9.73. The number of anilines is 1. The zero-order valence-electron chi connectivity index (χ0n) is 21.2. The Morgan fingerprint density at radius 3 is 2.18 bits per heavy atom. The molecule has 2 aliphatic rings. The molecule has 2 fully saturated rings. The Kier molecular flexibility index (Phi) is 7.36. The van der Waals surface area contributed by atoms with Gasteiger partial charge >= 0.3 is 5.97 Å². The molecule has 7 nitrogen and oxygen atoms in total. The second-order valence-electron chi connectivity index (χ2n) is 9.97. The molecule has 1 saturated heterocycles. The maximum absolute atomic E-state index is 13.3. The van der Waals surface area contributed by atoms with Crippen molar-refractivity contribution in [1.29, 1.82) is 0 Å². The molecule has 5 rings (SSSR count). The first-order valence-corrected chi connectivity index (χ1v) is 13.0. The van der Waals surface area contributed by atoms with Gasteiger partial charge in [0.25, 0.3) is 5.91 Å². The van der Waals surface area contributed by atoms with Crippen LogP contribution in [0.2, 0.25) is 0 Å². The predicted molar refractivity (Wildman–Crippen MR) is 142 cm³/mol. The number of hydrogen-bond acceptors (Lipinski definition) is 5. The van der Waals surface area contributed by atoms with Crippen LogP contribution < -0.4 is 10.2 Å². The lowest BCUT2D eigenvalue weighted by Gasteiger charge is -2.28. The molecule has 0 radical (unpaired) electrons. The third-order valence-electron chi connectivity index (χ3n) is 7.57. The van der Waals surface area contributed by atoms with Gasteiger partial charge in [-0.15, -0.1) is 0 Å². The van der Waals surface area contributed by atoms with E-state index >= 15 is 0 Å². The summed E-state index contributed by atoms with van der Waals surface area (Å²) >= 11 is 0. The molecule has 3 aromatic carbocycles. The van der Waals surface area contributed by atoms with Crippen LogP contribution in [0, 0.1) is 11.8 Å². The van der Waals surface area contributed by atoms with Crippen molar-refractivity contribution in [1.82, 2.24) is 5.32 Å². The number of amides is 3. The smallest absolute Gasteiger partial charge is 0.338 e. The minimum Gasteiger partial charge on any atom is -0.452 e. The van der Waals surface area contributed by atoms with Gasteiger partial charge in [0.15, 0.2) is 6.61 Å². The number of benzene rings is 3. The van der Waals surface area contributed by atoms with Gasteiger partial charge in [0, 0.05) is 0 Å². The normalized spacial score (nSPS) is 21.5. The Hall–Kier alpha value is -4.26. The van der Waals surface area contributed by atoms with Gasteiger partial charge in [-0.2, -0.15) is 0 Å². The van der Waals surface area contributed by atoms with Gasteiger partial charge in [-0.1, -0.05) is 60.7 Å². The summed E-state index contributed by atoms with van der Waals surface area (Å²) in [6, 6.07) is 25.6. The molecule has 4 atom stereocenters. The van der Waals surface area contributed by atoms with E-state index in [2.05, 4.69) is 17.4 Å². The summed E-state index contributed by atoms with van der Waals surface area (Å²) < 4.78 is 5.17. The molecule has 0 spiro atoms. The van der Waals surface area contributed by atoms with E-state index < -0.39 is 18.5 Å². The first-order chi connectivity index (χ1) is 18.4. The Bertz CT molecular complexity index is 1320. The minimum absolute atomic E-state index is 0.175. The third kappa shape index (κ3) is 5.23. The first-order valence-electron chi connectivity index (χ1n) is 13.0. The largest absolute Gasteiger partial charge is 0.452 e. The van der Waals surface area contributed by atoms with Crippen molar-refractivity contribution in [3.63, 3.8) is 0 Å². The van der Waals surface area contributed by atoms with Crippen LogP contribution in [-0.4, -0.2) is 30.3 Å². The molecule has 0 unspecified atom stereocenters. The zero-order valence-corrected chi connectivity index (χ0v) is 21.2. The summed E-state index contributed by atoms with van der Waals surface area (Å²) in [6.07, 6.45) is 2.21.